The Labute approximate surface area is 89.2 Å². The van der Waals surface area contributed by atoms with Crippen LogP contribution in [0.3, 0.4) is 0 Å². The maximum Gasteiger partial charge on any atom is 0.338 e. The van der Waals surface area contributed by atoms with Gasteiger partial charge in [0.05, 0.1) is 5.56 Å². The molecule has 3 rings (SSSR count). The summed E-state index contributed by atoms with van der Waals surface area (Å²) in [7, 11) is 0. The van der Waals surface area contributed by atoms with Crippen LogP contribution in [0.15, 0.2) is 24.3 Å². The molecular formula is C13H14O2. The highest BCUT2D eigenvalue weighted by Gasteiger charge is 2.36. The van der Waals surface area contributed by atoms with Crippen LogP contribution < -0.4 is 0 Å². The van der Waals surface area contributed by atoms with E-state index in [1.165, 1.54) is 18.4 Å². The molecule has 2 aliphatic rings. The summed E-state index contributed by atoms with van der Waals surface area (Å²) in [6, 6.07) is 7.88. The minimum Gasteiger partial charge on any atom is -0.458 e. The van der Waals surface area contributed by atoms with Crippen LogP contribution in [0.5, 0.6) is 0 Å². The van der Waals surface area contributed by atoms with Gasteiger partial charge in [-0.2, -0.15) is 0 Å². The lowest BCUT2D eigenvalue weighted by atomic mass is 9.78. The van der Waals surface area contributed by atoms with E-state index in [4.69, 9.17) is 4.74 Å². The molecule has 2 heteroatoms. The Morgan fingerprint density at radius 1 is 1.13 bits per heavy atom. The molecular weight excluding hydrogens is 188 g/mol. The highest BCUT2D eigenvalue weighted by Crippen LogP contribution is 2.40. The summed E-state index contributed by atoms with van der Waals surface area (Å²) in [6.07, 6.45) is 4.78. The van der Waals surface area contributed by atoms with Crippen LogP contribution in [-0.4, -0.2) is 12.1 Å². The molecule has 1 fully saturated rings. The summed E-state index contributed by atoms with van der Waals surface area (Å²) in [5, 5.41) is 0. The van der Waals surface area contributed by atoms with Gasteiger partial charge >= 0.3 is 5.97 Å². The van der Waals surface area contributed by atoms with Crippen molar-refractivity contribution in [2.45, 2.75) is 37.7 Å². The number of ether oxygens (including phenoxy) is 1. The van der Waals surface area contributed by atoms with E-state index >= 15 is 0 Å². The standard InChI is InChI=1S/C13H14O2/c14-13-11-7-2-1-5-9(11)10-6-3-4-8-12(10)15-13/h1-2,5,7,10,12H,3-4,6,8H2/t10?,12-/m0/s1. The lowest BCUT2D eigenvalue weighted by molar-refractivity contribution is 0.00770. The van der Waals surface area contributed by atoms with Crippen molar-refractivity contribution in [3.05, 3.63) is 35.4 Å². The molecule has 0 saturated heterocycles. The second kappa shape index (κ2) is 3.37. The Morgan fingerprint density at radius 2 is 1.93 bits per heavy atom. The Bertz CT molecular complexity index is 397. The summed E-state index contributed by atoms with van der Waals surface area (Å²) in [5.41, 5.74) is 1.99. The number of carbonyl (C=O) groups is 1. The van der Waals surface area contributed by atoms with Crippen molar-refractivity contribution in [1.82, 2.24) is 0 Å². The summed E-state index contributed by atoms with van der Waals surface area (Å²) < 4.78 is 5.48. The molecule has 0 amide bonds. The first-order chi connectivity index (χ1) is 7.36. The molecule has 1 heterocycles. The number of esters is 1. The first-order valence-corrected chi connectivity index (χ1v) is 5.66. The second-order valence-electron chi connectivity index (χ2n) is 4.42. The van der Waals surface area contributed by atoms with Crippen molar-refractivity contribution in [3.8, 4) is 0 Å². The van der Waals surface area contributed by atoms with E-state index in [9.17, 15) is 4.79 Å². The van der Waals surface area contributed by atoms with Gasteiger partial charge in [0.2, 0.25) is 0 Å². The zero-order chi connectivity index (χ0) is 10.3. The van der Waals surface area contributed by atoms with Gasteiger partial charge in [-0.3, -0.25) is 0 Å². The Balaban J connectivity index is 2.07. The van der Waals surface area contributed by atoms with Crippen molar-refractivity contribution in [1.29, 1.82) is 0 Å². The molecule has 1 aromatic carbocycles. The number of hydrogen-bond acceptors (Lipinski definition) is 2. The molecule has 0 aromatic heterocycles. The molecule has 0 radical (unpaired) electrons. The van der Waals surface area contributed by atoms with Gasteiger partial charge in [0, 0.05) is 5.92 Å². The van der Waals surface area contributed by atoms with Gasteiger partial charge in [0.25, 0.3) is 0 Å². The Kier molecular flexibility index (Phi) is 2.01. The minimum absolute atomic E-state index is 0.131. The van der Waals surface area contributed by atoms with Crippen LogP contribution in [0.2, 0.25) is 0 Å². The van der Waals surface area contributed by atoms with E-state index in [1.807, 2.05) is 18.2 Å². The first-order valence-electron chi connectivity index (χ1n) is 5.66. The highest BCUT2D eigenvalue weighted by molar-refractivity contribution is 5.92. The molecule has 0 N–H and O–H groups in total. The van der Waals surface area contributed by atoms with Gasteiger partial charge in [-0.15, -0.1) is 0 Å². The molecule has 1 aliphatic heterocycles. The van der Waals surface area contributed by atoms with Crippen molar-refractivity contribution < 1.29 is 9.53 Å². The zero-order valence-corrected chi connectivity index (χ0v) is 8.61. The highest BCUT2D eigenvalue weighted by atomic mass is 16.5. The van der Waals surface area contributed by atoms with Gasteiger partial charge < -0.3 is 4.74 Å². The average Bonchev–Trinajstić information content (AvgIpc) is 2.30. The fraction of sp³-hybridized carbons (Fsp3) is 0.462. The molecule has 1 saturated carbocycles. The number of benzene rings is 1. The molecule has 1 unspecified atom stereocenters. The molecule has 0 spiro atoms. The smallest absolute Gasteiger partial charge is 0.338 e. The van der Waals surface area contributed by atoms with Crippen LogP contribution in [-0.2, 0) is 4.74 Å². The molecule has 2 nitrogen and oxygen atoms in total. The summed E-state index contributed by atoms with van der Waals surface area (Å²) >= 11 is 0. The Morgan fingerprint density at radius 3 is 2.87 bits per heavy atom. The molecule has 1 aliphatic carbocycles. The number of rotatable bonds is 0. The van der Waals surface area contributed by atoms with Crippen molar-refractivity contribution in [3.63, 3.8) is 0 Å². The van der Waals surface area contributed by atoms with Gasteiger partial charge in [-0.25, -0.2) is 4.79 Å². The third kappa shape index (κ3) is 1.36. The van der Waals surface area contributed by atoms with Crippen molar-refractivity contribution >= 4 is 5.97 Å². The second-order valence-corrected chi connectivity index (χ2v) is 4.42. The van der Waals surface area contributed by atoms with E-state index in [-0.39, 0.29) is 12.1 Å². The molecule has 1 aromatic rings. The quantitative estimate of drug-likeness (QED) is 0.605. The third-order valence-corrected chi connectivity index (χ3v) is 3.54. The van der Waals surface area contributed by atoms with Crippen molar-refractivity contribution in [2.24, 2.45) is 0 Å². The maximum atomic E-state index is 11.7. The van der Waals surface area contributed by atoms with Gasteiger partial charge in [0.15, 0.2) is 0 Å². The van der Waals surface area contributed by atoms with E-state index < -0.39 is 0 Å². The topological polar surface area (TPSA) is 26.3 Å². The average molecular weight is 202 g/mol. The van der Waals surface area contributed by atoms with Crippen LogP contribution >= 0.6 is 0 Å². The van der Waals surface area contributed by atoms with E-state index in [0.717, 1.165) is 18.4 Å². The summed E-state index contributed by atoms with van der Waals surface area (Å²) in [4.78, 5) is 11.7. The van der Waals surface area contributed by atoms with Gasteiger partial charge in [-0.1, -0.05) is 24.6 Å². The normalized spacial score (nSPS) is 28.9. The predicted molar refractivity (Wildman–Crippen MR) is 56.9 cm³/mol. The largest absolute Gasteiger partial charge is 0.458 e. The summed E-state index contributed by atoms with van der Waals surface area (Å²) in [5.74, 6) is 0.321. The molecule has 2 atom stereocenters. The van der Waals surface area contributed by atoms with Crippen LogP contribution in [0.4, 0.5) is 0 Å². The van der Waals surface area contributed by atoms with Crippen molar-refractivity contribution in [2.75, 3.05) is 0 Å². The third-order valence-electron chi connectivity index (χ3n) is 3.54. The van der Waals surface area contributed by atoms with Crippen LogP contribution in [0, 0.1) is 0 Å². The minimum atomic E-state index is -0.131. The molecule has 0 bridgehead atoms. The zero-order valence-electron chi connectivity index (χ0n) is 8.61. The van der Waals surface area contributed by atoms with E-state index in [0.29, 0.717) is 5.92 Å². The predicted octanol–water partition coefficient (Wildman–Crippen LogP) is 2.88. The lowest BCUT2D eigenvalue weighted by Gasteiger charge is -2.36. The SMILES string of the molecule is O=C1O[C@H]2CCCCC2c2ccccc21. The number of fused-ring (bicyclic) bond motifs is 3. The first kappa shape index (κ1) is 8.96. The number of carbonyl (C=O) groups excluding carboxylic acids is 1. The van der Waals surface area contributed by atoms with E-state index in [1.54, 1.807) is 0 Å². The maximum absolute atomic E-state index is 11.7. The van der Waals surface area contributed by atoms with Gasteiger partial charge in [0.1, 0.15) is 6.10 Å². The van der Waals surface area contributed by atoms with Gasteiger partial charge in [-0.05, 0) is 30.9 Å². The van der Waals surface area contributed by atoms with Crippen LogP contribution in [0.25, 0.3) is 0 Å². The lowest BCUT2D eigenvalue weighted by Crippen LogP contribution is -2.34. The van der Waals surface area contributed by atoms with E-state index in [2.05, 4.69) is 6.07 Å². The molecule has 15 heavy (non-hydrogen) atoms. The number of hydrogen-bond donors (Lipinski definition) is 0. The molecule has 78 valence electrons. The fourth-order valence-corrected chi connectivity index (χ4v) is 2.80. The monoisotopic (exact) mass is 202 g/mol. The fourth-order valence-electron chi connectivity index (χ4n) is 2.80. The Hall–Kier alpha value is -1.31. The summed E-state index contributed by atoms with van der Waals surface area (Å²) in [6.45, 7) is 0. The van der Waals surface area contributed by atoms with Crippen LogP contribution in [0.1, 0.15) is 47.5 Å².